The maximum Gasteiger partial charge on any atom is 0.261 e. The van der Waals surface area contributed by atoms with Gasteiger partial charge in [0.2, 0.25) is 0 Å². The molecular weight excluding hydrogens is 486 g/mol. The Morgan fingerprint density at radius 3 is 2.10 bits per heavy atom. The van der Waals surface area contributed by atoms with Crippen LogP contribution in [-0.2, 0) is 21.0 Å². The van der Waals surface area contributed by atoms with Gasteiger partial charge in [-0.2, -0.15) is 0 Å². The molecule has 0 aromatic heterocycles. The van der Waals surface area contributed by atoms with Gasteiger partial charge in [-0.1, -0.05) is 81.4 Å². The van der Waals surface area contributed by atoms with E-state index in [1.807, 2.05) is 26.0 Å². The van der Waals surface area contributed by atoms with Crippen LogP contribution >= 0.6 is 0 Å². The Labute approximate surface area is 237 Å². The van der Waals surface area contributed by atoms with Crippen molar-refractivity contribution in [2.75, 3.05) is 0 Å². The van der Waals surface area contributed by atoms with E-state index < -0.39 is 6.10 Å². The number of ether oxygens (including phenoxy) is 2. The molecule has 0 fully saturated rings. The Morgan fingerprint density at radius 1 is 0.897 bits per heavy atom. The molecule has 2 atom stereocenters. The van der Waals surface area contributed by atoms with Gasteiger partial charge < -0.3 is 19.9 Å². The second-order valence-corrected chi connectivity index (χ2v) is 13.0. The summed E-state index contributed by atoms with van der Waals surface area (Å²) in [5, 5.41) is 13.1. The van der Waals surface area contributed by atoms with Crippen LogP contribution in [0.15, 0.2) is 36.4 Å². The summed E-state index contributed by atoms with van der Waals surface area (Å²) in [4.78, 5) is 13.1. The fourth-order valence-corrected chi connectivity index (χ4v) is 4.34. The van der Waals surface area contributed by atoms with Crippen molar-refractivity contribution in [2.45, 2.75) is 130 Å². The van der Waals surface area contributed by atoms with Crippen LogP contribution in [0, 0.1) is 6.54 Å². The zero-order chi connectivity index (χ0) is 29.6. The number of carbonyl (C=O) groups excluding carboxylic acids is 1. The molecule has 2 aromatic carbocycles. The number of aromatic hydroxyl groups is 1. The number of phenolic OH excluding ortho intramolecular Hbond substituents is 1. The molecule has 0 aliphatic heterocycles. The highest BCUT2D eigenvalue weighted by atomic mass is 16.5. The van der Waals surface area contributed by atoms with Gasteiger partial charge in [0, 0.05) is 17.5 Å². The van der Waals surface area contributed by atoms with Crippen LogP contribution in [0.1, 0.15) is 119 Å². The molecule has 0 heterocycles. The number of nitrogens with one attached hydrogen (secondary N) is 1. The van der Waals surface area contributed by atoms with Crippen molar-refractivity contribution in [1.82, 2.24) is 5.32 Å². The molecule has 39 heavy (non-hydrogen) atoms. The lowest BCUT2D eigenvalue weighted by Crippen LogP contribution is -2.38. The van der Waals surface area contributed by atoms with Gasteiger partial charge in [0.25, 0.3) is 5.91 Å². The van der Waals surface area contributed by atoms with Crippen molar-refractivity contribution in [1.29, 1.82) is 0 Å². The lowest BCUT2D eigenvalue weighted by Gasteiger charge is -2.31. The summed E-state index contributed by atoms with van der Waals surface area (Å²) in [6.07, 6.45) is 2.34. The third-order valence-corrected chi connectivity index (χ3v) is 8.00. The second kappa shape index (κ2) is 13.1. The first-order valence-electron chi connectivity index (χ1n) is 14.5. The lowest BCUT2D eigenvalue weighted by molar-refractivity contribution is -0.127. The number of carbonyl (C=O) groups is 1. The normalized spacial score (nSPS) is 14.0. The molecule has 5 nitrogen and oxygen atoms in total. The fraction of sp³-hybridized carbons (Fsp3) is 0.588. The van der Waals surface area contributed by atoms with E-state index in [0.29, 0.717) is 18.6 Å². The van der Waals surface area contributed by atoms with Gasteiger partial charge in [0.15, 0.2) is 6.10 Å². The summed E-state index contributed by atoms with van der Waals surface area (Å²) in [6.45, 7) is 25.2. The molecule has 1 amide bonds. The number of benzene rings is 2. The number of hydrogen-bond donors (Lipinski definition) is 2. The summed E-state index contributed by atoms with van der Waals surface area (Å²) in [5.41, 5.74) is 3.07. The zero-order valence-electron chi connectivity index (χ0n) is 26.2. The molecule has 1 radical (unpaired) electrons. The van der Waals surface area contributed by atoms with Crippen molar-refractivity contribution in [2.24, 2.45) is 0 Å². The van der Waals surface area contributed by atoms with Crippen LogP contribution < -0.4 is 14.8 Å². The van der Waals surface area contributed by atoms with Crippen LogP contribution in [0.4, 0.5) is 0 Å². The average Bonchev–Trinajstić information content (AvgIpc) is 2.87. The zero-order valence-corrected chi connectivity index (χ0v) is 26.2. The standard InChI is InChI=1S/C34H52NO4/c1-12-29(39-30-18-15-24(33(8,9)13-2)21-27(30)34(10,11)14-3)31(37)35-20-19-23(4)38-25-16-17-28(36)26(22-25)32(5,6)7/h15-18,20-23,29,36H,12-14,19H2,1-11H3,(H,35,37). The summed E-state index contributed by atoms with van der Waals surface area (Å²) in [7, 11) is 0. The molecule has 0 saturated carbocycles. The summed E-state index contributed by atoms with van der Waals surface area (Å²) in [5.74, 6) is 1.57. The van der Waals surface area contributed by atoms with E-state index in [1.165, 1.54) is 5.56 Å². The lowest BCUT2D eigenvalue weighted by atomic mass is 9.76. The predicted octanol–water partition coefficient (Wildman–Crippen LogP) is 8.36. The highest BCUT2D eigenvalue weighted by molar-refractivity contribution is 5.81. The average molecular weight is 539 g/mol. The quantitative estimate of drug-likeness (QED) is 0.269. The Bertz CT molecular complexity index is 1100. The summed E-state index contributed by atoms with van der Waals surface area (Å²) < 4.78 is 12.4. The van der Waals surface area contributed by atoms with Crippen LogP contribution in [0.2, 0.25) is 0 Å². The Hall–Kier alpha value is -2.69. The van der Waals surface area contributed by atoms with Crippen molar-refractivity contribution in [3.05, 3.63) is 59.6 Å². The van der Waals surface area contributed by atoms with Gasteiger partial charge in [0.05, 0.1) is 12.6 Å². The number of rotatable bonds is 13. The van der Waals surface area contributed by atoms with Gasteiger partial charge in [-0.15, -0.1) is 0 Å². The Kier molecular flexibility index (Phi) is 10.9. The third kappa shape index (κ3) is 8.65. The number of phenols is 1. The van der Waals surface area contributed by atoms with Gasteiger partial charge in [-0.05, 0) is 72.3 Å². The van der Waals surface area contributed by atoms with E-state index in [2.05, 4.69) is 79.8 Å². The van der Waals surface area contributed by atoms with Crippen molar-refractivity contribution < 1.29 is 19.4 Å². The second-order valence-electron chi connectivity index (χ2n) is 13.0. The summed E-state index contributed by atoms with van der Waals surface area (Å²) in [6, 6.07) is 11.8. The monoisotopic (exact) mass is 538 g/mol. The predicted molar refractivity (Wildman–Crippen MR) is 162 cm³/mol. The molecule has 0 saturated heterocycles. The van der Waals surface area contributed by atoms with Crippen LogP contribution in [0.25, 0.3) is 0 Å². The van der Waals surface area contributed by atoms with Crippen LogP contribution in [-0.4, -0.2) is 23.2 Å². The molecule has 0 aliphatic rings. The molecule has 0 spiro atoms. The number of amides is 1. The van der Waals surface area contributed by atoms with Gasteiger partial charge in [-0.3, -0.25) is 4.79 Å². The van der Waals surface area contributed by atoms with Gasteiger partial charge in [0.1, 0.15) is 17.2 Å². The SMILES string of the molecule is CCC(Oc1ccc(C(C)(C)CC)cc1C(C)(C)CC)C(=O)N[CH]CC(C)Oc1ccc(O)c(C(C)(C)C)c1. The first-order chi connectivity index (χ1) is 18.1. The molecule has 2 unspecified atom stereocenters. The Morgan fingerprint density at radius 2 is 1.54 bits per heavy atom. The third-order valence-electron chi connectivity index (χ3n) is 8.00. The minimum atomic E-state index is -0.597. The van der Waals surface area contributed by atoms with E-state index in [9.17, 15) is 9.90 Å². The Balaban J connectivity index is 2.06. The fourth-order valence-electron chi connectivity index (χ4n) is 4.34. The minimum Gasteiger partial charge on any atom is -0.508 e. The highest BCUT2D eigenvalue weighted by Crippen LogP contribution is 2.39. The molecular formula is C34H52NO4. The molecule has 0 aliphatic carbocycles. The highest BCUT2D eigenvalue weighted by Gasteiger charge is 2.29. The van der Waals surface area contributed by atoms with E-state index in [1.54, 1.807) is 18.7 Å². The first kappa shape index (κ1) is 32.5. The van der Waals surface area contributed by atoms with Gasteiger partial charge in [-0.25, -0.2) is 0 Å². The van der Waals surface area contributed by atoms with Crippen molar-refractivity contribution in [3.63, 3.8) is 0 Å². The first-order valence-corrected chi connectivity index (χ1v) is 14.5. The van der Waals surface area contributed by atoms with Crippen molar-refractivity contribution in [3.8, 4) is 17.2 Å². The van der Waals surface area contributed by atoms with E-state index in [0.717, 1.165) is 29.7 Å². The van der Waals surface area contributed by atoms with Crippen LogP contribution in [0.5, 0.6) is 17.2 Å². The van der Waals surface area contributed by atoms with Crippen LogP contribution in [0.3, 0.4) is 0 Å². The van der Waals surface area contributed by atoms with Gasteiger partial charge >= 0.3 is 0 Å². The molecule has 0 bridgehead atoms. The molecule has 2 aromatic rings. The summed E-state index contributed by atoms with van der Waals surface area (Å²) >= 11 is 0. The maximum atomic E-state index is 13.1. The number of hydrogen-bond acceptors (Lipinski definition) is 4. The maximum absolute atomic E-state index is 13.1. The largest absolute Gasteiger partial charge is 0.508 e. The molecule has 5 heteroatoms. The van der Waals surface area contributed by atoms with Crippen molar-refractivity contribution >= 4 is 5.91 Å². The van der Waals surface area contributed by atoms with E-state index in [4.69, 9.17) is 9.47 Å². The topological polar surface area (TPSA) is 67.8 Å². The van der Waals surface area contributed by atoms with E-state index in [-0.39, 0.29) is 34.0 Å². The van der Waals surface area contributed by atoms with E-state index >= 15 is 0 Å². The smallest absolute Gasteiger partial charge is 0.261 e. The minimum absolute atomic E-state index is 0.0702. The molecule has 2 rings (SSSR count). The molecule has 2 N–H and O–H groups in total. The molecule has 217 valence electrons.